The highest BCUT2D eigenvalue weighted by atomic mass is 16.5. The first-order valence-corrected chi connectivity index (χ1v) is 5.61. The van der Waals surface area contributed by atoms with E-state index in [1.54, 1.807) is 12.1 Å². The number of methoxy groups -OCH3 is 1. The number of rotatable bonds is 5. The van der Waals surface area contributed by atoms with E-state index < -0.39 is 5.97 Å². The van der Waals surface area contributed by atoms with Gasteiger partial charge in [-0.1, -0.05) is 0 Å². The van der Waals surface area contributed by atoms with Crippen molar-refractivity contribution < 1.29 is 13.9 Å². The molecule has 0 spiro atoms. The van der Waals surface area contributed by atoms with Gasteiger partial charge in [0.2, 0.25) is 5.76 Å². The standard InChI is InChI=1S/C12H17NO3/c1-8(9-3-4-9)13-7-10-5-6-11(16-10)12(14)15-2/h5-6,8-9,13H,3-4,7H2,1-2H3. The molecule has 2 rings (SSSR count). The third kappa shape index (κ3) is 2.64. The first-order chi connectivity index (χ1) is 7.70. The quantitative estimate of drug-likeness (QED) is 0.775. The van der Waals surface area contributed by atoms with Crippen molar-refractivity contribution in [3.8, 4) is 0 Å². The van der Waals surface area contributed by atoms with Crippen LogP contribution in [0.5, 0.6) is 0 Å². The zero-order chi connectivity index (χ0) is 11.5. The van der Waals surface area contributed by atoms with E-state index >= 15 is 0 Å². The van der Waals surface area contributed by atoms with Crippen LogP contribution in [-0.2, 0) is 11.3 Å². The van der Waals surface area contributed by atoms with E-state index in [1.165, 1.54) is 20.0 Å². The number of carbonyl (C=O) groups is 1. The molecule has 1 N–H and O–H groups in total. The number of ether oxygens (including phenoxy) is 1. The fraction of sp³-hybridized carbons (Fsp3) is 0.583. The van der Waals surface area contributed by atoms with E-state index in [9.17, 15) is 4.79 Å². The van der Waals surface area contributed by atoms with Gasteiger partial charge in [-0.15, -0.1) is 0 Å². The molecular weight excluding hydrogens is 206 g/mol. The van der Waals surface area contributed by atoms with Crippen molar-refractivity contribution in [2.45, 2.75) is 32.4 Å². The molecule has 0 bridgehead atoms. The number of carbonyl (C=O) groups excluding carboxylic acids is 1. The third-order valence-corrected chi connectivity index (χ3v) is 2.98. The maximum Gasteiger partial charge on any atom is 0.373 e. The van der Waals surface area contributed by atoms with Crippen molar-refractivity contribution in [3.63, 3.8) is 0 Å². The Morgan fingerprint density at radius 3 is 3.00 bits per heavy atom. The van der Waals surface area contributed by atoms with Crippen molar-refractivity contribution in [2.75, 3.05) is 7.11 Å². The Morgan fingerprint density at radius 1 is 1.62 bits per heavy atom. The summed E-state index contributed by atoms with van der Waals surface area (Å²) in [4.78, 5) is 11.1. The van der Waals surface area contributed by atoms with Crippen molar-refractivity contribution in [2.24, 2.45) is 5.92 Å². The maximum absolute atomic E-state index is 11.1. The van der Waals surface area contributed by atoms with Gasteiger partial charge in [-0.3, -0.25) is 0 Å². The van der Waals surface area contributed by atoms with Crippen molar-refractivity contribution in [1.82, 2.24) is 5.32 Å². The first kappa shape index (κ1) is 11.2. The molecule has 1 aromatic heterocycles. The summed E-state index contributed by atoms with van der Waals surface area (Å²) in [6.45, 7) is 2.84. The van der Waals surface area contributed by atoms with Gasteiger partial charge in [0.25, 0.3) is 0 Å². The molecule has 0 aliphatic heterocycles. The average molecular weight is 223 g/mol. The van der Waals surface area contributed by atoms with E-state index in [0.29, 0.717) is 12.6 Å². The Hall–Kier alpha value is -1.29. The summed E-state index contributed by atoms with van der Waals surface area (Å²) < 4.78 is 9.92. The van der Waals surface area contributed by atoms with Crippen molar-refractivity contribution in [1.29, 1.82) is 0 Å². The summed E-state index contributed by atoms with van der Waals surface area (Å²) in [7, 11) is 1.35. The highest BCUT2D eigenvalue weighted by Crippen LogP contribution is 2.32. The molecule has 0 aromatic carbocycles. The van der Waals surface area contributed by atoms with Gasteiger partial charge in [0.1, 0.15) is 5.76 Å². The third-order valence-electron chi connectivity index (χ3n) is 2.98. The minimum atomic E-state index is -0.429. The Morgan fingerprint density at radius 2 is 2.38 bits per heavy atom. The molecule has 4 heteroatoms. The van der Waals surface area contributed by atoms with Gasteiger partial charge in [-0.25, -0.2) is 4.79 Å². The van der Waals surface area contributed by atoms with Crippen LogP contribution < -0.4 is 5.32 Å². The molecule has 1 heterocycles. The van der Waals surface area contributed by atoms with Crippen LogP contribution in [0.25, 0.3) is 0 Å². The Bertz CT molecular complexity index is 368. The second-order valence-electron chi connectivity index (χ2n) is 4.26. The second kappa shape index (κ2) is 4.70. The summed E-state index contributed by atoms with van der Waals surface area (Å²) in [5, 5.41) is 3.39. The molecular formula is C12H17NO3. The zero-order valence-corrected chi connectivity index (χ0v) is 9.66. The molecule has 4 nitrogen and oxygen atoms in total. The summed E-state index contributed by atoms with van der Waals surface area (Å²) in [5.41, 5.74) is 0. The lowest BCUT2D eigenvalue weighted by Crippen LogP contribution is -2.26. The van der Waals surface area contributed by atoms with E-state index in [4.69, 9.17) is 4.42 Å². The molecule has 1 fully saturated rings. The van der Waals surface area contributed by atoms with Crippen LogP contribution in [0.15, 0.2) is 16.5 Å². The SMILES string of the molecule is COC(=O)c1ccc(CNC(C)C2CC2)o1. The van der Waals surface area contributed by atoms with Gasteiger partial charge >= 0.3 is 5.97 Å². The number of esters is 1. The normalized spacial score (nSPS) is 17.1. The first-order valence-electron chi connectivity index (χ1n) is 5.61. The minimum Gasteiger partial charge on any atom is -0.463 e. The summed E-state index contributed by atoms with van der Waals surface area (Å²) in [5.74, 6) is 1.42. The molecule has 1 aliphatic rings. The molecule has 0 saturated heterocycles. The molecule has 1 saturated carbocycles. The number of nitrogens with one attached hydrogen (secondary N) is 1. The van der Waals surface area contributed by atoms with E-state index in [-0.39, 0.29) is 5.76 Å². The Labute approximate surface area is 95.0 Å². The molecule has 0 radical (unpaired) electrons. The molecule has 1 aliphatic carbocycles. The van der Waals surface area contributed by atoms with E-state index in [2.05, 4.69) is 17.0 Å². The summed E-state index contributed by atoms with van der Waals surface area (Å²) in [6.07, 6.45) is 2.64. The molecule has 1 aromatic rings. The van der Waals surface area contributed by atoms with Crippen molar-refractivity contribution in [3.05, 3.63) is 23.7 Å². The Balaban J connectivity index is 1.84. The Kier molecular flexibility index (Phi) is 3.29. The molecule has 1 atom stereocenters. The van der Waals surface area contributed by atoms with Gasteiger partial charge < -0.3 is 14.5 Å². The lowest BCUT2D eigenvalue weighted by molar-refractivity contribution is 0.0563. The zero-order valence-electron chi connectivity index (χ0n) is 9.66. The largest absolute Gasteiger partial charge is 0.463 e. The van der Waals surface area contributed by atoms with Gasteiger partial charge in [-0.2, -0.15) is 0 Å². The van der Waals surface area contributed by atoms with Gasteiger partial charge in [0.15, 0.2) is 0 Å². The molecule has 16 heavy (non-hydrogen) atoms. The fourth-order valence-electron chi connectivity index (χ4n) is 1.71. The number of hydrogen-bond donors (Lipinski definition) is 1. The lowest BCUT2D eigenvalue weighted by atomic mass is 10.2. The average Bonchev–Trinajstić information content (AvgIpc) is 3.04. The lowest BCUT2D eigenvalue weighted by Gasteiger charge is -2.10. The summed E-state index contributed by atoms with van der Waals surface area (Å²) in [6, 6.07) is 3.97. The summed E-state index contributed by atoms with van der Waals surface area (Å²) >= 11 is 0. The van der Waals surface area contributed by atoms with E-state index in [0.717, 1.165) is 11.7 Å². The van der Waals surface area contributed by atoms with Crippen LogP contribution in [0.4, 0.5) is 0 Å². The predicted octanol–water partition coefficient (Wildman–Crippen LogP) is 1.95. The van der Waals surface area contributed by atoms with Crippen LogP contribution in [0.3, 0.4) is 0 Å². The van der Waals surface area contributed by atoms with Crippen LogP contribution >= 0.6 is 0 Å². The van der Waals surface area contributed by atoms with Gasteiger partial charge in [0.05, 0.1) is 13.7 Å². The van der Waals surface area contributed by atoms with E-state index in [1.807, 2.05) is 0 Å². The molecule has 0 amide bonds. The van der Waals surface area contributed by atoms with Crippen LogP contribution in [0, 0.1) is 5.92 Å². The van der Waals surface area contributed by atoms with Crippen LogP contribution in [-0.4, -0.2) is 19.1 Å². The fourth-order valence-corrected chi connectivity index (χ4v) is 1.71. The van der Waals surface area contributed by atoms with Crippen LogP contribution in [0.1, 0.15) is 36.1 Å². The molecule has 88 valence electrons. The van der Waals surface area contributed by atoms with Gasteiger partial charge in [-0.05, 0) is 37.8 Å². The van der Waals surface area contributed by atoms with Crippen LogP contribution in [0.2, 0.25) is 0 Å². The van der Waals surface area contributed by atoms with Crippen molar-refractivity contribution >= 4 is 5.97 Å². The smallest absolute Gasteiger partial charge is 0.373 e. The molecule has 1 unspecified atom stereocenters. The van der Waals surface area contributed by atoms with Gasteiger partial charge in [0, 0.05) is 6.04 Å². The number of furan rings is 1. The number of hydrogen-bond acceptors (Lipinski definition) is 4. The highest BCUT2D eigenvalue weighted by molar-refractivity contribution is 5.86. The maximum atomic E-state index is 11.1. The monoisotopic (exact) mass is 223 g/mol. The topological polar surface area (TPSA) is 51.5 Å². The predicted molar refractivity (Wildman–Crippen MR) is 59.1 cm³/mol. The highest BCUT2D eigenvalue weighted by Gasteiger charge is 2.27. The second-order valence-corrected chi connectivity index (χ2v) is 4.26. The minimum absolute atomic E-state index is 0.262.